The monoisotopic (exact) mass is 218 g/mol. The van der Waals surface area contributed by atoms with E-state index in [0.29, 0.717) is 5.75 Å². The van der Waals surface area contributed by atoms with Crippen LogP contribution in [0.5, 0.6) is 5.75 Å². The van der Waals surface area contributed by atoms with Crippen molar-refractivity contribution in [2.24, 2.45) is 0 Å². The van der Waals surface area contributed by atoms with Gasteiger partial charge in [0.1, 0.15) is 30.5 Å². The fraction of sp³-hybridized carbons (Fsp3) is 0.0909. The van der Waals surface area contributed by atoms with Gasteiger partial charge in [0.15, 0.2) is 0 Å². The Kier molecular flexibility index (Phi) is 2.83. The van der Waals surface area contributed by atoms with Crippen molar-refractivity contribution < 1.29 is 13.7 Å². The van der Waals surface area contributed by atoms with Crippen molar-refractivity contribution in [3.05, 3.63) is 47.6 Å². The molecule has 0 N–H and O–H groups in total. The van der Waals surface area contributed by atoms with Crippen molar-refractivity contribution in [1.82, 2.24) is 5.16 Å². The summed E-state index contributed by atoms with van der Waals surface area (Å²) in [5, 5.41) is 12.0. The van der Waals surface area contributed by atoms with E-state index in [0.717, 1.165) is 5.56 Å². The van der Waals surface area contributed by atoms with Gasteiger partial charge in [0.2, 0.25) is 0 Å². The molecule has 80 valence electrons. The maximum Gasteiger partial charge on any atom is 0.144 e. The first-order valence-corrected chi connectivity index (χ1v) is 4.50. The van der Waals surface area contributed by atoms with E-state index >= 15 is 0 Å². The molecule has 4 nitrogen and oxygen atoms in total. The summed E-state index contributed by atoms with van der Waals surface area (Å²) in [6, 6.07) is 5.82. The maximum atomic E-state index is 13.2. The van der Waals surface area contributed by atoms with Gasteiger partial charge in [-0.2, -0.15) is 5.26 Å². The van der Waals surface area contributed by atoms with Gasteiger partial charge in [0, 0.05) is 11.6 Å². The quantitative estimate of drug-likeness (QED) is 0.792. The van der Waals surface area contributed by atoms with Crippen LogP contribution in [0.15, 0.2) is 35.2 Å². The molecule has 0 radical (unpaired) electrons. The lowest BCUT2D eigenvalue weighted by Gasteiger charge is -2.04. The summed E-state index contributed by atoms with van der Waals surface area (Å²) in [6.45, 7) is 0.245. The van der Waals surface area contributed by atoms with Gasteiger partial charge in [-0.3, -0.25) is 0 Å². The summed E-state index contributed by atoms with van der Waals surface area (Å²) in [5.74, 6) is -0.233. The fourth-order valence-corrected chi connectivity index (χ4v) is 1.14. The Balaban J connectivity index is 2.06. The van der Waals surface area contributed by atoms with Crippen LogP contribution in [-0.2, 0) is 6.61 Å². The van der Waals surface area contributed by atoms with Crippen LogP contribution in [0.3, 0.4) is 0 Å². The molecule has 0 atom stereocenters. The van der Waals surface area contributed by atoms with E-state index < -0.39 is 5.82 Å². The van der Waals surface area contributed by atoms with E-state index in [1.807, 2.05) is 0 Å². The molecule has 0 saturated heterocycles. The lowest BCUT2D eigenvalue weighted by molar-refractivity contribution is 0.302. The normalized spacial score (nSPS) is 9.75. The molecule has 0 amide bonds. The first kappa shape index (κ1) is 10.2. The second kappa shape index (κ2) is 4.45. The molecule has 0 bridgehead atoms. The molecule has 16 heavy (non-hydrogen) atoms. The predicted molar refractivity (Wildman–Crippen MR) is 52.0 cm³/mol. The summed E-state index contributed by atoms with van der Waals surface area (Å²) in [5.41, 5.74) is 0.752. The average Bonchev–Trinajstić information content (AvgIpc) is 2.79. The Morgan fingerprint density at radius 3 is 3.00 bits per heavy atom. The molecule has 0 unspecified atom stereocenters. The molecule has 5 heteroatoms. The van der Waals surface area contributed by atoms with Crippen LogP contribution in [0.1, 0.15) is 11.1 Å². The third-order valence-electron chi connectivity index (χ3n) is 1.95. The van der Waals surface area contributed by atoms with Gasteiger partial charge in [0.05, 0.1) is 11.8 Å². The van der Waals surface area contributed by atoms with Gasteiger partial charge in [-0.1, -0.05) is 5.16 Å². The Morgan fingerprint density at radius 2 is 2.38 bits per heavy atom. The molecule has 2 rings (SSSR count). The van der Waals surface area contributed by atoms with Gasteiger partial charge in [0.25, 0.3) is 0 Å². The van der Waals surface area contributed by atoms with Gasteiger partial charge in [-0.15, -0.1) is 0 Å². The van der Waals surface area contributed by atoms with Gasteiger partial charge >= 0.3 is 0 Å². The van der Waals surface area contributed by atoms with Crippen molar-refractivity contribution in [2.75, 3.05) is 0 Å². The summed E-state index contributed by atoms with van der Waals surface area (Å²) >= 11 is 0. The molecule has 0 fully saturated rings. The number of rotatable bonds is 3. The zero-order valence-electron chi connectivity index (χ0n) is 8.18. The second-order valence-corrected chi connectivity index (χ2v) is 3.07. The van der Waals surface area contributed by atoms with E-state index in [1.165, 1.54) is 30.7 Å². The summed E-state index contributed by atoms with van der Waals surface area (Å²) in [6.07, 6.45) is 2.96. The summed E-state index contributed by atoms with van der Waals surface area (Å²) in [7, 11) is 0. The second-order valence-electron chi connectivity index (χ2n) is 3.07. The zero-order valence-corrected chi connectivity index (χ0v) is 8.18. The van der Waals surface area contributed by atoms with E-state index in [2.05, 4.69) is 9.68 Å². The number of ether oxygens (including phenoxy) is 1. The lowest BCUT2D eigenvalue weighted by Crippen LogP contribution is -1.95. The summed E-state index contributed by atoms with van der Waals surface area (Å²) < 4.78 is 23.1. The molecule has 1 aromatic heterocycles. The lowest BCUT2D eigenvalue weighted by atomic mass is 10.2. The topological polar surface area (TPSA) is 59.0 Å². The third kappa shape index (κ3) is 2.17. The fourth-order valence-electron chi connectivity index (χ4n) is 1.14. The molecule has 0 aliphatic rings. The highest BCUT2D eigenvalue weighted by Crippen LogP contribution is 2.17. The van der Waals surface area contributed by atoms with Crippen molar-refractivity contribution in [3.63, 3.8) is 0 Å². The standard InChI is InChI=1S/C11H7FN2O2/c12-11-3-10(2-1-9(11)4-13)15-6-8-5-14-16-7-8/h1-3,5,7H,6H2. The van der Waals surface area contributed by atoms with Crippen LogP contribution >= 0.6 is 0 Å². The van der Waals surface area contributed by atoms with Crippen LogP contribution in [-0.4, -0.2) is 5.16 Å². The molecule has 0 aliphatic carbocycles. The number of benzene rings is 1. The van der Waals surface area contributed by atoms with Crippen molar-refractivity contribution in [2.45, 2.75) is 6.61 Å². The first-order chi connectivity index (χ1) is 7.79. The average molecular weight is 218 g/mol. The predicted octanol–water partition coefficient (Wildman–Crippen LogP) is 2.26. The summed E-state index contributed by atoms with van der Waals surface area (Å²) in [4.78, 5) is 0. The molecule has 0 saturated carbocycles. The van der Waals surface area contributed by atoms with E-state index in [1.54, 1.807) is 6.07 Å². The molecule has 0 aliphatic heterocycles. The highest BCUT2D eigenvalue weighted by Gasteiger charge is 2.04. The first-order valence-electron chi connectivity index (χ1n) is 4.50. The smallest absolute Gasteiger partial charge is 0.144 e. The van der Waals surface area contributed by atoms with Crippen molar-refractivity contribution in [1.29, 1.82) is 5.26 Å². The van der Waals surface area contributed by atoms with E-state index in [9.17, 15) is 4.39 Å². The van der Waals surface area contributed by atoms with Crippen LogP contribution in [0.4, 0.5) is 4.39 Å². The van der Waals surface area contributed by atoms with E-state index in [-0.39, 0.29) is 12.2 Å². The zero-order chi connectivity index (χ0) is 11.4. The molecular formula is C11H7FN2O2. The van der Waals surface area contributed by atoms with Crippen LogP contribution in [0.2, 0.25) is 0 Å². The molecule has 0 spiro atoms. The Labute approximate surface area is 90.9 Å². The molecule has 2 aromatic rings. The van der Waals surface area contributed by atoms with Crippen molar-refractivity contribution in [3.8, 4) is 11.8 Å². The minimum atomic E-state index is -0.592. The third-order valence-corrected chi connectivity index (χ3v) is 1.95. The van der Waals surface area contributed by atoms with Gasteiger partial charge in [-0.25, -0.2) is 4.39 Å². The van der Waals surface area contributed by atoms with Gasteiger partial charge in [-0.05, 0) is 12.1 Å². The minimum Gasteiger partial charge on any atom is -0.489 e. The molecule has 1 aromatic carbocycles. The molecule has 1 heterocycles. The van der Waals surface area contributed by atoms with Crippen LogP contribution in [0, 0.1) is 17.1 Å². The van der Waals surface area contributed by atoms with Gasteiger partial charge < -0.3 is 9.26 Å². The number of halogens is 1. The number of nitriles is 1. The van der Waals surface area contributed by atoms with Crippen molar-refractivity contribution >= 4 is 0 Å². The number of hydrogen-bond acceptors (Lipinski definition) is 4. The minimum absolute atomic E-state index is 0.00247. The number of hydrogen-bond donors (Lipinski definition) is 0. The Hall–Kier alpha value is -2.35. The highest BCUT2D eigenvalue weighted by molar-refractivity contribution is 5.36. The maximum absolute atomic E-state index is 13.2. The van der Waals surface area contributed by atoms with Crippen LogP contribution in [0.25, 0.3) is 0 Å². The number of nitrogens with zero attached hydrogens (tertiary/aromatic N) is 2. The van der Waals surface area contributed by atoms with Crippen LogP contribution < -0.4 is 4.74 Å². The largest absolute Gasteiger partial charge is 0.489 e. The Morgan fingerprint density at radius 1 is 1.50 bits per heavy atom. The SMILES string of the molecule is N#Cc1ccc(OCc2cnoc2)cc1F. The Bertz CT molecular complexity index is 517. The van der Waals surface area contributed by atoms with E-state index in [4.69, 9.17) is 10.00 Å². The molecular weight excluding hydrogens is 211 g/mol. The number of aromatic nitrogens is 1. The highest BCUT2D eigenvalue weighted by atomic mass is 19.1.